The molecule has 1 saturated heterocycles. The van der Waals surface area contributed by atoms with Gasteiger partial charge in [0.2, 0.25) is 9.92 Å². The van der Waals surface area contributed by atoms with Gasteiger partial charge in [-0.3, -0.25) is 0 Å². The van der Waals surface area contributed by atoms with Crippen LogP contribution in [-0.4, -0.2) is 39.4 Å². The molecule has 72 valence electrons. The van der Waals surface area contributed by atoms with E-state index in [1.54, 1.807) is 0 Å². The van der Waals surface area contributed by atoms with Crippen LogP contribution in [0.5, 0.6) is 0 Å². The Morgan fingerprint density at radius 3 is 2.08 bits per heavy atom. The molecule has 1 aliphatic heterocycles. The summed E-state index contributed by atoms with van der Waals surface area (Å²) in [6, 6.07) is 0. The van der Waals surface area contributed by atoms with Crippen LogP contribution in [0.3, 0.4) is 0 Å². The third-order valence-corrected chi connectivity index (χ3v) is 3.68. The Morgan fingerprint density at radius 1 is 1.25 bits per heavy atom. The van der Waals surface area contributed by atoms with Crippen LogP contribution in [0.1, 0.15) is 13.8 Å². The SMILES string of the molecule is CC(C)(O[SiH2]N1CC1)C(F)(F)F. The number of rotatable bonds is 3. The summed E-state index contributed by atoms with van der Waals surface area (Å²) in [5.41, 5.74) is -1.97. The Balaban J connectivity index is 2.35. The molecule has 1 aliphatic rings. The third kappa shape index (κ3) is 2.46. The number of hydrogen-bond acceptors (Lipinski definition) is 2. The molecular formula is C6H12F3NOSi. The van der Waals surface area contributed by atoms with Crippen LogP contribution in [0.15, 0.2) is 0 Å². The van der Waals surface area contributed by atoms with Crippen LogP contribution in [-0.2, 0) is 4.43 Å². The van der Waals surface area contributed by atoms with Crippen LogP contribution >= 0.6 is 0 Å². The van der Waals surface area contributed by atoms with Crippen molar-refractivity contribution in [2.75, 3.05) is 13.1 Å². The third-order valence-electron chi connectivity index (χ3n) is 1.83. The minimum Gasteiger partial charge on any atom is -0.394 e. The molecule has 0 amide bonds. The van der Waals surface area contributed by atoms with E-state index < -0.39 is 21.7 Å². The first-order valence-electron chi connectivity index (χ1n) is 3.76. The van der Waals surface area contributed by atoms with Crippen molar-refractivity contribution in [3.05, 3.63) is 0 Å². The van der Waals surface area contributed by atoms with Gasteiger partial charge in [-0.2, -0.15) is 13.2 Å². The lowest BCUT2D eigenvalue weighted by atomic mass is 10.1. The number of hydrogen-bond donors (Lipinski definition) is 0. The molecule has 0 atom stereocenters. The molecule has 1 heterocycles. The smallest absolute Gasteiger partial charge is 0.394 e. The minimum atomic E-state index is -4.25. The van der Waals surface area contributed by atoms with E-state index in [1.165, 1.54) is 0 Å². The van der Waals surface area contributed by atoms with Gasteiger partial charge >= 0.3 is 6.18 Å². The first-order chi connectivity index (χ1) is 5.33. The molecule has 0 unspecified atom stereocenters. The predicted octanol–water partition coefficient (Wildman–Crippen LogP) is 0.658. The second-order valence-electron chi connectivity index (χ2n) is 3.40. The molecule has 0 saturated carbocycles. The van der Waals surface area contributed by atoms with Crippen molar-refractivity contribution in [3.63, 3.8) is 0 Å². The van der Waals surface area contributed by atoms with E-state index >= 15 is 0 Å². The minimum absolute atomic E-state index is 0.903. The van der Waals surface area contributed by atoms with E-state index in [1.807, 2.05) is 4.57 Å². The predicted molar refractivity (Wildman–Crippen MR) is 41.3 cm³/mol. The monoisotopic (exact) mass is 199 g/mol. The lowest BCUT2D eigenvalue weighted by molar-refractivity contribution is -0.236. The maximum atomic E-state index is 12.2. The normalized spacial score (nSPS) is 20.8. The zero-order valence-electron chi connectivity index (χ0n) is 7.11. The van der Waals surface area contributed by atoms with Crippen molar-refractivity contribution >= 4 is 9.92 Å². The van der Waals surface area contributed by atoms with Gasteiger partial charge in [0.05, 0.1) is 0 Å². The van der Waals surface area contributed by atoms with Crippen molar-refractivity contribution < 1.29 is 17.6 Å². The lowest BCUT2D eigenvalue weighted by Gasteiger charge is -2.28. The van der Waals surface area contributed by atoms with Gasteiger partial charge < -0.3 is 8.99 Å². The number of alkyl halides is 3. The average Bonchev–Trinajstić information content (AvgIpc) is 2.62. The highest BCUT2D eigenvalue weighted by molar-refractivity contribution is 6.24. The maximum Gasteiger partial charge on any atom is 0.415 e. The van der Waals surface area contributed by atoms with Crippen LogP contribution in [0.2, 0.25) is 0 Å². The summed E-state index contributed by atoms with van der Waals surface area (Å²) in [7, 11) is -1.11. The standard InChI is InChI=1S/C6H12F3NOSi/c1-5(2,6(7,8)9)11-12-10-3-4-10/h3-4,12H2,1-2H3. The summed E-state index contributed by atoms with van der Waals surface area (Å²) in [6.07, 6.45) is -4.25. The number of halogens is 3. The Hall–Kier alpha value is -0.0731. The Labute approximate surface area is 71.7 Å². The largest absolute Gasteiger partial charge is 0.415 e. The van der Waals surface area contributed by atoms with Gasteiger partial charge in [0.25, 0.3) is 0 Å². The van der Waals surface area contributed by atoms with E-state index in [4.69, 9.17) is 4.43 Å². The molecule has 12 heavy (non-hydrogen) atoms. The molecule has 0 spiro atoms. The Bertz CT molecular complexity index is 167. The summed E-state index contributed by atoms with van der Waals surface area (Å²) in [4.78, 5) is 0. The summed E-state index contributed by atoms with van der Waals surface area (Å²) < 4.78 is 43.3. The molecule has 0 aromatic heterocycles. The molecule has 0 aromatic rings. The highest BCUT2D eigenvalue weighted by Gasteiger charge is 2.48. The van der Waals surface area contributed by atoms with Crippen molar-refractivity contribution in [1.82, 2.24) is 4.57 Å². The molecule has 0 bridgehead atoms. The fraction of sp³-hybridized carbons (Fsp3) is 1.00. The maximum absolute atomic E-state index is 12.2. The molecule has 0 N–H and O–H groups in total. The van der Waals surface area contributed by atoms with E-state index in [9.17, 15) is 13.2 Å². The van der Waals surface area contributed by atoms with Crippen LogP contribution < -0.4 is 0 Å². The molecular weight excluding hydrogens is 187 g/mol. The molecule has 1 rings (SSSR count). The van der Waals surface area contributed by atoms with E-state index in [2.05, 4.69) is 0 Å². The summed E-state index contributed by atoms with van der Waals surface area (Å²) >= 11 is 0. The van der Waals surface area contributed by atoms with Gasteiger partial charge in [-0.05, 0) is 13.8 Å². The van der Waals surface area contributed by atoms with Gasteiger partial charge in [0.1, 0.15) is 5.60 Å². The second kappa shape index (κ2) is 3.01. The van der Waals surface area contributed by atoms with Crippen LogP contribution in [0.25, 0.3) is 0 Å². The molecule has 6 heteroatoms. The second-order valence-corrected chi connectivity index (χ2v) is 4.84. The first-order valence-corrected chi connectivity index (χ1v) is 4.97. The summed E-state index contributed by atoms with van der Waals surface area (Å²) in [5.74, 6) is 0. The van der Waals surface area contributed by atoms with Crippen molar-refractivity contribution in [2.45, 2.75) is 25.6 Å². The van der Waals surface area contributed by atoms with Gasteiger partial charge in [-0.15, -0.1) is 0 Å². The van der Waals surface area contributed by atoms with E-state index in [0.717, 1.165) is 26.9 Å². The van der Waals surface area contributed by atoms with Crippen LogP contribution in [0.4, 0.5) is 13.2 Å². The van der Waals surface area contributed by atoms with Crippen molar-refractivity contribution in [1.29, 1.82) is 0 Å². The highest BCUT2D eigenvalue weighted by atomic mass is 28.2. The molecule has 1 fully saturated rings. The average molecular weight is 199 g/mol. The van der Waals surface area contributed by atoms with Crippen molar-refractivity contribution in [3.8, 4) is 0 Å². The molecule has 0 aromatic carbocycles. The summed E-state index contributed by atoms with van der Waals surface area (Å²) in [5, 5.41) is 0. The Morgan fingerprint density at radius 2 is 1.75 bits per heavy atom. The highest BCUT2D eigenvalue weighted by Crippen LogP contribution is 2.32. The van der Waals surface area contributed by atoms with Crippen LogP contribution in [0, 0.1) is 0 Å². The summed E-state index contributed by atoms with van der Waals surface area (Å²) in [6.45, 7) is 3.95. The molecule has 2 nitrogen and oxygen atoms in total. The first kappa shape index (κ1) is 10.0. The molecule has 0 aliphatic carbocycles. The van der Waals surface area contributed by atoms with Gasteiger partial charge in [-0.25, -0.2) is 0 Å². The lowest BCUT2D eigenvalue weighted by Crippen LogP contribution is -2.43. The fourth-order valence-corrected chi connectivity index (χ4v) is 1.60. The van der Waals surface area contributed by atoms with E-state index in [-0.39, 0.29) is 0 Å². The van der Waals surface area contributed by atoms with E-state index in [0.29, 0.717) is 0 Å². The van der Waals surface area contributed by atoms with Crippen molar-refractivity contribution in [2.24, 2.45) is 0 Å². The quantitative estimate of drug-likeness (QED) is 0.489. The molecule has 0 radical (unpaired) electrons. The zero-order valence-corrected chi connectivity index (χ0v) is 8.52. The van der Waals surface area contributed by atoms with Gasteiger partial charge in [-0.1, -0.05) is 0 Å². The Kier molecular flexibility index (Phi) is 2.51. The number of nitrogens with zero attached hydrogens (tertiary/aromatic N) is 1. The topological polar surface area (TPSA) is 12.2 Å². The van der Waals surface area contributed by atoms with Gasteiger partial charge in [0.15, 0.2) is 0 Å². The zero-order chi connectivity index (χ0) is 9.41. The van der Waals surface area contributed by atoms with Gasteiger partial charge in [0, 0.05) is 13.1 Å². The fourth-order valence-electron chi connectivity index (χ4n) is 0.534.